The Morgan fingerprint density at radius 2 is 1.75 bits per heavy atom. The summed E-state index contributed by atoms with van der Waals surface area (Å²) in [5.74, 6) is 0.0418. The summed E-state index contributed by atoms with van der Waals surface area (Å²) in [4.78, 5) is 13.1. The van der Waals surface area contributed by atoms with Crippen LogP contribution in [0.15, 0.2) is 30.3 Å². The number of likely N-dealkylation sites (N-methyl/N-ethyl adjacent to an activating group) is 1. The predicted octanol–water partition coefficient (Wildman–Crippen LogP) is 3.47. The van der Waals surface area contributed by atoms with Crippen LogP contribution in [-0.4, -0.2) is 36.1 Å². The van der Waals surface area contributed by atoms with Crippen molar-refractivity contribution in [2.45, 2.75) is 33.1 Å². The minimum absolute atomic E-state index is 0.324. The fourth-order valence-electron chi connectivity index (χ4n) is 2.61. The summed E-state index contributed by atoms with van der Waals surface area (Å²) >= 11 is 0. The van der Waals surface area contributed by atoms with Gasteiger partial charge in [-0.05, 0) is 30.9 Å². The first kappa shape index (κ1) is 16.7. The molecule has 20 heavy (non-hydrogen) atoms. The zero-order valence-corrected chi connectivity index (χ0v) is 13.0. The van der Waals surface area contributed by atoms with Crippen molar-refractivity contribution in [2.24, 2.45) is 11.8 Å². The molecule has 0 aliphatic rings. The summed E-state index contributed by atoms with van der Waals surface area (Å²) in [6.07, 6.45) is 1.12. The molecular weight excluding hydrogens is 250 g/mol. The highest BCUT2D eigenvalue weighted by Crippen LogP contribution is 2.24. The van der Waals surface area contributed by atoms with Gasteiger partial charge in [-0.1, -0.05) is 51.1 Å². The van der Waals surface area contributed by atoms with Crippen LogP contribution in [0.2, 0.25) is 0 Å². The number of carbonyl (C=O) groups is 1. The Morgan fingerprint density at radius 3 is 2.25 bits per heavy atom. The first-order valence-electron chi connectivity index (χ1n) is 7.36. The normalized spacial score (nSPS) is 14.5. The first-order chi connectivity index (χ1) is 9.40. The molecule has 1 rings (SSSR count). The Labute approximate surface area is 122 Å². The third kappa shape index (κ3) is 5.74. The first-order valence-corrected chi connectivity index (χ1v) is 7.36. The number of benzene rings is 1. The van der Waals surface area contributed by atoms with Gasteiger partial charge in [0.05, 0.1) is 5.92 Å². The lowest BCUT2D eigenvalue weighted by atomic mass is 9.90. The van der Waals surface area contributed by atoms with Crippen LogP contribution < -0.4 is 0 Å². The Morgan fingerprint density at radius 1 is 1.15 bits per heavy atom. The summed E-state index contributed by atoms with van der Waals surface area (Å²) in [5.41, 5.74) is 1.34. The van der Waals surface area contributed by atoms with Gasteiger partial charge in [0.1, 0.15) is 0 Å². The quantitative estimate of drug-likeness (QED) is 0.791. The van der Waals surface area contributed by atoms with Gasteiger partial charge in [0.2, 0.25) is 0 Å². The number of carboxylic acids is 1. The van der Waals surface area contributed by atoms with E-state index in [9.17, 15) is 4.79 Å². The molecule has 1 aromatic carbocycles. The zero-order valence-electron chi connectivity index (χ0n) is 13.0. The van der Waals surface area contributed by atoms with E-state index in [4.69, 9.17) is 5.11 Å². The van der Waals surface area contributed by atoms with Crippen LogP contribution in [0.1, 0.15) is 38.7 Å². The molecule has 3 nitrogen and oxygen atoms in total. The largest absolute Gasteiger partial charge is 0.481 e. The summed E-state index contributed by atoms with van der Waals surface area (Å²) in [6, 6.07) is 10.5. The van der Waals surface area contributed by atoms with Crippen molar-refractivity contribution in [3.8, 4) is 0 Å². The Balaban J connectivity index is 2.68. The molecule has 0 saturated heterocycles. The molecule has 112 valence electrons. The Kier molecular flexibility index (Phi) is 6.73. The second kappa shape index (κ2) is 8.05. The highest BCUT2D eigenvalue weighted by molar-refractivity contribution is 5.69. The van der Waals surface area contributed by atoms with Crippen LogP contribution in [-0.2, 0) is 4.79 Å². The van der Waals surface area contributed by atoms with E-state index in [0.29, 0.717) is 18.4 Å². The average Bonchev–Trinajstić information content (AvgIpc) is 2.38. The van der Waals surface area contributed by atoms with Crippen molar-refractivity contribution in [1.29, 1.82) is 0 Å². The Hall–Kier alpha value is -1.35. The van der Waals surface area contributed by atoms with Crippen molar-refractivity contribution in [2.75, 3.05) is 20.1 Å². The van der Waals surface area contributed by atoms with Gasteiger partial charge in [0.25, 0.3) is 0 Å². The predicted molar refractivity (Wildman–Crippen MR) is 82.9 cm³/mol. The average molecular weight is 277 g/mol. The molecule has 0 saturated carbocycles. The maximum absolute atomic E-state index is 10.9. The van der Waals surface area contributed by atoms with Gasteiger partial charge in [-0.15, -0.1) is 0 Å². The van der Waals surface area contributed by atoms with Crippen LogP contribution >= 0.6 is 0 Å². The van der Waals surface area contributed by atoms with Crippen molar-refractivity contribution in [3.63, 3.8) is 0 Å². The van der Waals surface area contributed by atoms with Crippen molar-refractivity contribution < 1.29 is 9.90 Å². The second-order valence-electron chi connectivity index (χ2n) is 6.20. The van der Waals surface area contributed by atoms with Crippen LogP contribution in [0.25, 0.3) is 0 Å². The van der Waals surface area contributed by atoms with Crippen molar-refractivity contribution >= 4 is 5.97 Å². The monoisotopic (exact) mass is 277 g/mol. The van der Waals surface area contributed by atoms with Gasteiger partial charge in [-0.3, -0.25) is 4.79 Å². The maximum atomic E-state index is 10.9. The van der Waals surface area contributed by atoms with Crippen LogP contribution in [0.4, 0.5) is 0 Å². The Bertz CT molecular complexity index is 403. The van der Waals surface area contributed by atoms with Gasteiger partial charge in [-0.25, -0.2) is 0 Å². The molecule has 0 radical (unpaired) electrons. The number of hydrogen-bond acceptors (Lipinski definition) is 2. The molecule has 2 unspecified atom stereocenters. The molecule has 1 aromatic rings. The van der Waals surface area contributed by atoms with Crippen LogP contribution in [0.5, 0.6) is 0 Å². The van der Waals surface area contributed by atoms with E-state index in [1.165, 1.54) is 5.56 Å². The van der Waals surface area contributed by atoms with Gasteiger partial charge >= 0.3 is 5.97 Å². The SMILES string of the molecule is CC(C)CC(CN(C)CC(C)C(=O)O)c1ccccc1. The molecule has 0 bridgehead atoms. The van der Waals surface area contributed by atoms with Crippen LogP contribution in [0, 0.1) is 11.8 Å². The van der Waals surface area contributed by atoms with E-state index < -0.39 is 5.97 Å². The van der Waals surface area contributed by atoms with E-state index >= 15 is 0 Å². The van der Waals surface area contributed by atoms with Gasteiger partial charge in [0.15, 0.2) is 0 Å². The van der Waals surface area contributed by atoms with Gasteiger partial charge in [-0.2, -0.15) is 0 Å². The smallest absolute Gasteiger partial charge is 0.307 e. The van der Waals surface area contributed by atoms with Gasteiger partial charge < -0.3 is 10.0 Å². The standard InChI is InChI=1S/C17H27NO2/c1-13(2)10-16(15-8-6-5-7-9-15)12-18(4)11-14(3)17(19)20/h5-9,13-14,16H,10-12H2,1-4H3,(H,19,20). The number of nitrogens with zero attached hydrogens (tertiary/aromatic N) is 1. The summed E-state index contributed by atoms with van der Waals surface area (Å²) in [6.45, 7) is 7.72. The number of hydrogen-bond donors (Lipinski definition) is 1. The molecule has 0 aliphatic carbocycles. The fraction of sp³-hybridized carbons (Fsp3) is 0.588. The molecular formula is C17H27NO2. The molecule has 0 aromatic heterocycles. The molecule has 0 amide bonds. The lowest BCUT2D eigenvalue weighted by Crippen LogP contribution is -2.32. The lowest BCUT2D eigenvalue weighted by Gasteiger charge is -2.27. The third-order valence-corrected chi connectivity index (χ3v) is 3.57. The molecule has 0 aliphatic heterocycles. The number of aliphatic carboxylic acids is 1. The lowest BCUT2D eigenvalue weighted by molar-refractivity contribution is -0.141. The molecule has 2 atom stereocenters. The second-order valence-corrected chi connectivity index (χ2v) is 6.20. The summed E-state index contributed by atoms with van der Waals surface area (Å²) in [5, 5.41) is 9.00. The van der Waals surface area contributed by atoms with E-state index in [0.717, 1.165) is 13.0 Å². The highest BCUT2D eigenvalue weighted by atomic mass is 16.4. The van der Waals surface area contributed by atoms with E-state index in [1.807, 2.05) is 13.1 Å². The molecule has 3 heteroatoms. The van der Waals surface area contributed by atoms with E-state index in [2.05, 4.69) is 43.0 Å². The molecule has 0 heterocycles. The van der Waals surface area contributed by atoms with E-state index in [1.54, 1.807) is 6.92 Å². The number of carboxylic acid groups (broad SMARTS) is 1. The van der Waals surface area contributed by atoms with Gasteiger partial charge in [0, 0.05) is 13.1 Å². The maximum Gasteiger partial charge on any atom is 0.307 e. The minimum atomic E-state index is -0.725. The van der Waals surface area contributed by atoms with Crippen molar-refractivity contribution in [3.05, 3.63) is 35.9 Å². The third-order valence-electron chi connectivity index (χ3n) is 3.57. The molecule has 0 spiro atoms. The summed E-state index contributed by atoms with van der Waals surface area (Å²) < 4.78 is 0. The topological polar surface area (TPSA) is 40.5 Å². The molecule has 0 fully saturated rings. The van der Waals surface area contributed by atoms with Crippen LogP contribution in [0.3, 0.4) is 0 Å². The van der Waals surface area contributed by atoms with Crippen molar-refractivity contribution in [1.82, 2.24) is 4.90 Å². The zero-order chi connectivity index (χ0) is 15.1. The summed E-state index contributed by atoms with van der Waals surface area (Å²) in [7, 11) is 2.01. The fourth-order valence-corrected chi connectivity index (χ4v) is 2.61. The highest BCUT2D eigenvalue weighted by Gasteiger charge is 2.19. The molecule has 1 N–H and O–H groups in total. The van der Waals surface area contributed by atoms with E-state index in [-0.39, 0.29) is 5.92 Å². The minimum Gasteiger partial charge on any atom is -0.481 e. The number of rotatable bonds is 8.